The zero-order valence-corrected chi connectivity index (χ0v) is 14.0. The second kappa shape index (κ2) is 7.18. The van der Waals surface area contributed by atoms with Crippen LogP contribution in [0.4, 0.5) is 4.39 Å². The summed E-state index contributed by atoms with van der Waals surface area (Å²) in [4.78, 5) is 0. The number of nitrogens with two attached hydrogens (primary N) is 1. The van der Waals surface area contributed by atoms with Gasteiger partial charge in [-0.3, -0.25) is 4.68 Å². The van der Waals surface area contributed by atoms with Gasteiger partial charge in [0.05, 0.1) is 15.9 Å². The third-order valence-corrected chi connectivity index (χ3v) is 4.77. The van der Waals surface area contributed by atoms with Crippen molar-refractivity contribution in [2.75, 3.05) is 6.54 Å². The molecule has 0 spiro atoms. The van der Waals surface area contributed by atoms with Crippen molar-refractivity contribution < 1.29 is 4.39 Å². The number of aryl methyl sites for hydroxylation is 2. The normalized spacial score (nSPS) is 12.6. The van der Waals surface area contributed by atoms with Gasteiger partial charge in [-0.1, -0.05) is 18.2 Å². The highest BCUT2D eigenvalue weighted by molar-refractivity contribution is 9.10. The van der Waals surface area contributed by atoms with Crippen LogP contribution in [0, 0.1) is 18.7 Å². The smallest absolute Gasteiger partial charge is 0.126 e. The van der Waals surface area contributed by atoms with Gasteiger partial charge in [0, 0.05) is 6.54 Å². The lowest BCUT2D eigenvalue weighted by Gasteiger charge is -2.16. The quantitative estimate of drug-likeness (QED) is 0.863. The van der Waals surface area contributed by atoms with Crippen LogP contribution in [0.25, 0.3) is 0 Å². The van der Waals surface area contributed by atoms with E-state index >= 15 is 0 Å². The monoisotopic (exact) mass is 353 g/mol. The Kier molecular flexibility index (Phi) is 5.53. The Hall–Kier alpha value is -1.20. The van der Waals surface area contributed by atoms with Crippen LogP contribution in [-0.2, 0) is 19.4 Å². The molecule has 1 unspecified atom stereocenters. The number of benzene rings is 1. The average molecular weight is 354 g/mol. The summed E-state index contributed by atoms with van der Waals surface area (Å²) in [5.74, 6) is 0.0368. The van der Waals surface area contributed by atoms with Crippen molar-refractivity contribution in [1.82, 2.24) is 9.78 Å². The van der Waals surface area contributed by atoms with Crippen molar-refractivity contribution in [3.8, 4) is 0 Å². The van der Waals surface area contributed by atoms with Crippen LogP contribution in [0.5, 0.6) is 0 Å². The molecule has 0 aliphatic carbocycles. The van der Waals surface area contributed by atoms with Gasteiger partial charge in [-0.2, -0.15) is 5.10 Å². The lowest BCUT2D eigenvalue weighted by Crippen LogP contribution is -2.21. The molecule has 0 aliphatic heterocycles. The van der Waals surface area contributed by atoms with Crippen molar-refractivity contribution >= 4 is 15.9 Å². The largest absolute Gasteiger partial charge is 0.330 e. The Morgan fingerprint density at radius 2 is 2.05 bits per heavy atom. The Balaban J connectivity index is 2.18. The van der Waals surface area contributed by atoms with Crippen LogP contribution >= 0.6 is 15.9 Å². The second-order valence-corrected chi connectivity index (χ2v) is 6.06. The summed E-state index contributed by atoms with van der Waals surface area (Å²) in [5.41, 5.74) is 8.75. The van der Waals surface area contributed by atoms with Gasteiger partial charge in [-0.05, 0) is 66.7 Å². The van der Waals surface area contributed by atoms with Crippen LogP contribution in [-0.4, -0.2) is 16.3 Å². The molecule has 1 atom stereocenters. The second-order valence-electron chi connectivity index (χ2n) is 5.26. The van der Waals surface area contributed by atoms with E-state index in [9.17, 15) is 4.39 Å². The number of hydrogen-bond acceptors (Lipinski definition) is 2. The number of hydrogen-bond donors (Lipinski definition) is 1. The van der Waals surface area contributed by atoms with Crippen LogP contribution in [0.1, 0.15) is 23.9 Å². The van der Waals surface area contributed by atoms with Gasteiger partial charge in [0.2, 0.25) is 0 Å². The van der Waals surface area contributed by atoms with E-state index in [0.717, 1.165) is 34.4 Å². The highest BCUT2D eigenvalue weighted by Crippen LogP contribution is 2.25. The molecule has 2 aromatic rings. The van der Waals surface area contributed by atoms with Gasteiger partial charge in [0.15, 0.2) is 0 Å². The standard InChI is InChI=1S/C16H21BrFN3/c1-3-21-15(16(17)11(2)20-21)9-12(10-19)8-13-6-4-5-7-14(13)18/h4-7,12H,3,8-10,19H2,1-2H3. The maximum atomic E-state index is 13.8. The van der Waals surface area contributed by atoms with Crippen molar-refractivity contribution in [3.63, 3.8) is 0 Å². The molecule has 0 saturated carbocycles. The molecule has 0 bridgehead atoms. The van der Waals surface area contributed by atoms with E-state index in [1.807, 2.05) is 23.7 Å². The summed E-state index contributed by atoms with van der Waals surface area (Å²) < 4.78 is 16.8. The first-order chi connectivity index (χ1) is 10.1. The molecule has 2 N–H and O–H groups in total. The average Bonchev–Trinajstić information content (AvgIpc) is 2.76. The fourth-order valence-electron chi connectivity index (χ4n) is 2.55. The predicted octanol–water partition coefficient (Wildman–Crippen LogP) is 3.47. The van der Waals surface area contributed by atoms with E-state index in [2.05, 4.69) is 28.0 Å². The summed E-state index contributed by atoms with van der Waals surface area (Å²) in [6.07, 6.45) is 1.43. The molecule has 1 heterocycles. The Labute approximate surface area is 133 Å². The molecule has 0 radical (unpaired) electrons. The molecule has 5 heteroatoms. The highest BCUT2D eigenvalue weighted by Gasteiger charge is 2.18. The molecule has 1 aromatic carbocycles. The first-order valence-electron chi connectivity index (χ1n) is 7.22. The summed E-state index contributed by atoms with van der Waals surface area (Å²) in [6, 6.07) is 6.90. The van der Waals surface area contributed by atoms with Gasteiger partial charge < -0.3 is 5.73 Å². The fraction of sp³-hybridized carbons (Fsp3) is 0.438. The van der Waals surface area contributed by atoms with E-state index in [0.29, 0.717) is 13.0 Å². The zero-order chi connectivity index (χ0) is 15.4. The van der Waals surface area contributed by atoms with Gasteiger partial charge in [-0.25, -0.2) is 4.39 Å². The fourth-order valence-corrected chi connectivity index (χ4v) is 3.00. The van der Waals surface area contributed by atoms with Crippen LogP contribution in [0.2, 0.25) is 0 Å². The molecule has 1 aromatic heterocycles. The Bertz CT molecular complexity index is 610. The summed E-state index contributed by atoms with van der Waals surface area (Å²) in [6.45, 7) is 5.39. The van der Waals surface area contributed by atoms with E-state index in [1.165, 1.54) is 6.07 Å². The number of aromatic nitrogens is 2. The van der Waals surface area contributed by atoms with Gasteiger partial charge in [-0.15, -0.1) is 0 Å². The minimum Gasteiger partial charge on any atom is -0.330 e. The van der Waals surface area contributed by atoms with Gasteiger partial charge in [0.1, 0.15) is 5.82 Å². The minimum atomic E-state index is -0.157. The third-order valence-electron chi connectivity index (χ3n) is 3.73. The molecular weight excluding hydrogens is 333 g/mol. The van der Waals surface area contributed by atoms with Crippen molar-refractivity contribution in [3.05, 3.63) is 51.5 Å². The molecule has 0 aliphatic rings. The van der Waals surface area contributed by atoms with E-state index in [4.69, 9.17) is 5.73 Å². The molecule has 0 amide bonds. The molecule has 21 heavy (non-hydrogen) atoms. The maximum Gasteiger partial charge on any atom is 0.126 e. The van der Waals surface area contributed by atoms with E-state index in [1.54, 1.807) is 6.07 Å². The number of rotatable bonds is 6. The Morgan fingerprint density at radius 3 is 2.67 bits per heavy atom. The van der Waals surface area contributed by atoms with Gasteiger partial charge in [0.25, 0.3) is 0 Å². The predicted molar refractivity (Wildman–Crippen MR) is 86.7 cm³/mol. The number of nitrogens with zero attached hydrogens (tertiary/aromatic N) is 2. The number of halogens is 2. The Morgan fingerprint density at radius 1 is 1.33 bits per heavy atom. The maximum absolute atomic E-state index is 13.8. The first-order valence-corrected chi connectivity index (χ1v) is 8.01. The van der Waals surface area contributed by atoms with Crippen LogP contribution in [0.15, 0.2) is 28.7 Å². The molecular formula is C16H21BrFN3. The lowest BCUT2D eigenvalue weighted by atomic mass is 9.94. The minimum absolute atomic E-state index is 0.157. The van der Waals surface area contributed by atoms with Gasteiger partial charge >= 0.3 is 0 Å². The lowest BCUT2D eigenvalue weighted by molar-refractivity contribution is 0.485. The van der Waals surface area contributed by atoms with Crippen LogP contribution < -0.4 is 5.73 Å². The molecule has 2 rings (SSSR count). The molecule has 0 saturated heterocycles. The topological polar surface area (TPSA) is 43.8 Å². The summed E-state index contributed by atoms with van der Waals surface area (Å²) in [7, 11) is 0. The van der Waals surface area contributed by atoms with Crippen molar-refractivity contribution in [2.24, 2.45) is 11.7 Å². The highest BCUT2D eigenvalue weighted by atomic mass is 79.9. The first kappa shape index (κ1) is 16.2. The van der Waals surface area contributed by atoms with E-state index < -0.39 is 0 Å². The zero-order valence-electron chi connectivity index (χ0n) is 12.4. The van der Waals surface area contributed by atoms with E-state index in [-0.39, 0.29) is 11.7 Å². The molecule has 0 fully saturated rings. The van der Waals surface area contributed by atoms with Crippen molar-refractivity contribution in [1.29, 1.82) is 0 Å². The molecule has 114 valence electrons. The van der Waals surface area contributed by atoms with Crippen LogP contribution in [0.3, 0.4) is 0 Å². The molecule has 3 nitrogen and oxygen atoms in total. The van der Waals surface area contributed by atoms with Crippen molar-refractivity contribution in [2.45, 2.75) is 33.2 Å². The third kappa shape index (κ3) is 3.71. The SMILES string of the molecule is CCn1nc(C)c(Br)c1CC(CN)Cc1ccccc1F. The summed E-state index contributed by atoms with van der Waals surface area (Å²) >= 11 is 3.60. The summed E-state index contributed by atoms with van der Waals surface area (Å²) in [5, 5.41) is 4.50.